The number of sulfonamides is 1. The third-order valence-corrected chi connectivity index (χ3v) is 6.15. The highest BCUT2D eigenvalue weighted by molar-refractivity contribution is 14.0. The van der Waals surface area contributed by atoms with Crippen molar-refractivity contribution >= 4 is 40.0 Å². The second kappa shape index (κ2) is 10.6. The molecule has 0 saturated carbocycles. The van der Waals surface area contributed by atoms with Crippen LogP contribution >= 0.6 is 24.0 Å². The summed E-state index contributed by atoms with van der Waals surface area (Å²) < 4.78 is 27.7. The Morgan fingerprint density at radius 1 is 1.15 bits per heavy atom. The Hall–Kier alpha value is -0.870. The van der Waals surface area contributed by atoms with Gasteiger partial charge in [0.15, 0.2) is 5.96 Å². The minimum atomic E-state index is -3.46. The fourth-order valence-electron chi connectivity index (χ4n) is 2.96. The number of benzene rings is 1. The normalized spacial score (nSPS) is 16.5. The van der Waals surface area contributed by atoms with E-state index < -0.39 is 10.0 Å². The van der Waals surface area contributed by atoms with Crippen molar-refractivity contribution in [1.29, 1.82) is 0 Å². The maximum atomic E-state index is 13.1. The second-order valence-electron chi connectivity index (χ2n) is 7.64. The Kier molecular flexibility index (Phi) is 9.50. The van der Waals surface area contributed by atoms with E-state index in [9.17, 15) is 8.42 Å². The number of hydrogen-bond donors (Lipinski definition) is 2. The molecule has 27 heavy (non-hydrogen) atoms. The van der Waals surface area contributed by atoms with E-state index in [4.69, 9.17) is 0 Å². The predicted octanol–water partition coefficient (Wildman–Crippen LogP) is 3.33. The van der Waals surface area contributed by atoms with Gasteiger partial charge in [0.05, 0.1) is 11.4 Å². The number of rotatable bonds is 5. The van der Waals surface area contributed by atoms with Crippen LogP contribution in [0.5, 0.6) is 0 Å². The van der Waals surface area contributed by atoms with Crippen LogP contribution in [0.2, 0.25) is 0 Å². The van der Waals surface area contributed by atoms with Crippen LogP contribution in [0.4, 0.5) is 0 Å². The second-order valence-corrected chi connectivity index (χ2v) is 9.55. The van der Waals surface area contributed by atoms with Gasteiger partial charge in [-0.3, -0.25) is 0 Å². The van der Waals surface area contributed by atoms with Crippen molar-refractivity contribution in [2.45, 2.75) is 63.9 Å². The lowest BCUT2D eigenvalue weighted by Crippen LogP contribution is -2.47. The molecule has 2 rings (SSSR count). The average Bonchev–Trinajstić information content (AvgIpc) is 2.59. The first kappa shape index (κ1) is 24.2. The number of hydrogen-bond acceptors (Lipinski definition) is 3. The summed E-state index contributed by atoms with van der Waals surface area (Å²) >= 11 is 0. The third kappa shape index (κ3) is 7.23. The number of nitrogens with zero attached hydrogens (tertiary/aromatic N) is 2. The Bertz CT molecular complexity index is 723. The van der Waals surface area contributed by atoms with Gasteiger partial charge in [0.2, 0.25) is 10.0 Å². The maximum absolute atomic E-state index is 13.1. The molecule has 0 amide bonds. The minimum absolute atomic E-state index is 0. The van der Waals surface area contributed by atoms with E-state index in [1.165, 1.54) is 0 Å². The van der Waals surface area contributed by atoms with Crippen LogP contribution in [0.1, 0.15) is 52.5 Å². The molecule has 1 heterocycles. The van der Waals surface area contributed by atoms with E-state index in [0.29, 0.717) is 30.5 Å². The van der Waals surface area contributed by atoms with E-state index >= 15 is 0 Å². The highest BCUT2D eigenvalue weighted by Crippen LogP contribution is 2.24. The van der Waals surface area contributed by atoms with Crippen molar-refractivity contribution in [3.63, 3.8) is 0 Å². The summed E-state index contributed by atoms with van der Waals surface area (Å²) in [4.78, 5) is 4.97. The van der Waals surface area contributed by atoms with Crippen molar-refractivity contribution in [3.05, 3.63) is 29.8 Å². The summed E-state index contributed by atoms with van der Waals surface area (Å²) in [6.07, 6.45) is 2.96. The number of nitrogens with one attached hydrogen (secondary N) is 2. The quantitative estimate of drug-likeness (QED) is 0.364. The van der Waals surface area contributed by atoms with Gasteiger partial charge in [-0.05, 0) is 52.2 Å². The van der Waals surface area contributed by atoms with Gasteiger partial charge in [0.1, 0.15) is 0 Å². The molecule has 154 valence electrons. The van der Waals surface area contributed by atoms with Crippen molar-refractivity contribution in [2.75, 3.05) is 19.6 Å². The zero-order chi connectivity index (χ0) is 19.2. The predicted molar refractivity (Wildman–Crippen MR) is 122 cm³/mol. The molecule has 0 atom stereocenters. The Balaban J connectivity index is 0.00000364. The fraction of sp³-hybridized carbons (Fsp3) is 0.632. The number of aliphatic imine (C=N–C) groups is 1. The first-order valence-corrected chi connectivity index (χ1v) is 10.8. The molecule has 0 aromatic heterocycles. The topological polar surface area (TPSA) is 73.8 Å². The summed E-state index contributed by atoms with van der Waals surface area (Å²) in [7, 11) is -3.46. The molecule has 2 N–H and O–H groups in total. The summed E-state index contributed by atoms with van der Waals surface area (Å²) in [5.74, 6) is 0.685. The molecule has 0 spiro atoms. The molecule has 1 aromatic carbocycles. The molecule has 8 heteroatoms. The summed E-state index contributed by atoms with van der Waals surface area (Å²) in [6.45, 7) is 10.5. The Morgan fingerprint density at radius 3 is 2.37 bits per heavy atom. The fourth-order valence-corrected chi connectivity index (χ4v) is 4.69. The van der Waals surface area contributed by atoms with Crippen LogP contribution in [0, 0.1) is 0 Å². The standard InChI is InChI=1S/C19H32N4O2S.HI/c1-5-20-18(22-19(2,3)4)21-15-16-11-7-8-12-17(16)26(24,25)23-13-9-6-10-14-23;/h7-8,11-12H,5-6,9-10,13-15H2,1-4H3,(H2,20,21,22);1H. The smallest absolute Gasteiger partial charge is 0.243 e. The van der Waals surface area contributed by atoms with Crippen molar-refractivity contribution < 1.29 is 8.42 Å². The van der Waals surface area contributed by atoms with Crippen LogP contribution < -0.4 is 10.6 Å². The van der Waals surface area contributed by atoms with Gasteiger partial charge in [-0.15, -0.1) is 24.0 Å². The first-order valence-electron chi connectivity index (χ1n) is 9.38. The van der Waals surface area contributed by atoms with E-state index in [1.54, 1.807) is 16.4 Å². The van der Waals surface area contributed by atoms with Gasteiger partial charge < -0.3 is 10.6 Å². The molecule has 1 aliphatic heterocycles. The summed E-state index contributed by atoms with van der Waals surface area (Å²) in [5.41, 5.74) is 0.601. The molecule has 0 aliphatic carbocycles. The lowest BCUT2D eigenvalue weighted by Gasteiger charge is -2.27. The zero-order valence-corrected chi connectivity index (χ0v) is 19.9. The minimum Gasteiger partial charge on any atom is -0.357 e. The Labute approximate surface area is 181 Å². The highest BCUT2D eigenvalue weighted by atomic mass is 127. The summed E-state index contributed by atoms with van der Waals surface area (Å²) in [5, 5.41) is 6.54. The summed E-state index contributed by atoms with van der Waals surface area (Å²) in [6, 6.07) is 7.19. The molecule has 0 bridgehead atoms. The zero-order valence-electron chi connectivity index (χ0n) is 16.8. The van der Waals surface area contributed by atoms with E-state index in [-0.39, 0.29) is 29.5 Å². The van der Waals surface area contributed by atoms with Crippen LogP contribution in [0.3, 0.4) is 0 Å². The van der Waals surface area contributed by atoms with Crippen LogP contribution in [-0.4, -0.2) is 43.9 Å². The monoisotopic (exact) mass is 508 g/mol. The van der Waals surface area contributed by atoms with Gasteiger partial charge in [0.25, 0.3) is 0 Å². The van der Waals surface area contributed by atoms with E-state index in [1.807, 2.05) is 19.1 Å². The largest absolute Gasteiger partial charge is 0.357 e. The molecule has 0 unspecified atom stereocenters. The molecule has 0 radical (unpaired) electrons. The lowest BCUT2D eigenvalue weighted by molar-refractivity contribution is 0.346. The van der Waals surface area contributed by atoms with Gasteiger partial charge in [-0.2, -0.15) is 4.31 Å². The van der Waals surface area contributed by atoms with Gasteiger partial charge in [0, 0.05) is 25.2 Å². The average molecular weight is 508 g/mol. The van der Waals surface area contributed by atoms with Crippen molar-refractivity contribution in [1.82, 2.24) is 14.9 Å². The van der Waals surface area contributed by atoms with Crippen LogP contribution in [-0.2, 0) is 16.6 Å². The third-order valence-electron chi connectivity index (χ3n) is 4.15. The highest BCUT2D eigenvalue weighted by Gasteiger charge is 2.27. The Morgan fingerprint density at radius 2 is 1.78 bits per heavy atom. The van der Waals surface area contributed by atoms with Gasteiger partial charge in [-0.25, -0.2) is 13.4 Å². The van der Waals surface area contributed by atoms with Gasteiger partial charge >= 0.3 is 0 Å². The van der Waals surface area contributed by atoms with E-state index in [0.717, 1.165) is 31.4 Å². The molecule has 1 fully saturated rings. The molecule has 1 aliphatic rings. The van der Waals surface area contributed by atoms with Gasteiger partial charge in [-0.1, -0.05) is 24.6 Å². The molecular formula is C19H33IN4O2S. The van der Waals surface area contributed by atoms with Crippen molar-refractivity contribution in [3.8, 4) is 0 Å². The number of halogens is 1. The number of piperidine rings is 1. The first-order chi connectivity index (χ1) is 12.2. The van der Waals surface area contributed by atoms with Crippen molar-refractivity contribution in [2.24, 2.45) is 4.99 Å². The lowest BCUT2D eigenvalue weighted by atomic mass is 10.1. The maximum Gasteiger partial charge on any atom is 0.243 e. The van der Waals surface area contributed by atoms with Crippen LogP contribution in [0.25, 0.3) is 0 Å². The SMILES string of the molecule is CCNC(=NCc1ccccc1S(=O)(=O)N1CCCCC1)NC(C)(C)C.I. The molecular weight excluding hydrogens is 475 g/mol. The molecule has 6 nitrogen and oxygen atoms in total. The molecule has 1 saturated heterocycles. The van der Waals surface area contributed by atoms with E-state index in [2.05, 4.69) is 36.4 Å². The number of guanidine groups is 1. The molecule has 1 aromatic rings. The van der Waals surface area contributed by atoms with Crippen LogP contribution in [0.15, 0.2) is 34.2 Å².